The van der Waals surface area contributed by atoms with Crippen LogP contribution in [-0.2, 0) is 13.0 Å². The molecule has 0 aliphatic rings. The summed E-state index contributed by atoms with van der Waals surface area (Å²) in [6.45, 7) is 2.49. The summed E-state index contributed by atoms with van der Waals surface area (Å²) in [5.74, 6) is 0.382. The third-order valence-electron chi connectivity index (χ3n) is 2.50. The van der Waals surface area contributed by atoms with Crippen LogP contribution in [0.25, 0.3) is 0 Å². The largest absolute Gasteiger partial charge is 0.372 e. The van der Waals surface area contributed by atoms with E-state index in [-0.39, 0.29) is 5.91 Å². The Hall–Kier alpha value is -2.02. The topological polar surface area (TPSA) is 79.8 Å². The Kier molecular flexibility index (Phi) is 4.40. The lowest BCUT2D eigenvalue weighted by Crippen LogP contribution is -2.24. The highest BCUT2D eigenvalue weighted by molar-refractivity contribution is 7.11. The van der Waals surface area contributed by atoms with E-state index in [1.54, 1.807) is 30.5 Å². The van der Waals surface area contributed by atoms with Gasteiger partial charge in [0.05, 0.1) is 6.54 Å². The number of amides is 1. The van der Waals surface area contributed by atoms with E-state index in [0.29, 0.717) is 18.1 Å². The zero-order chi connectivity index (χ0) is 13.7. The van der Waals surface area contributed by atoms with Gasteiger partial charge in [-0.1, -0.05) is 6.92 Å². The molecule has 0 saturated carbocycles. The van der Waals surface area contributed by atoms with E-state index in [1.165, 1.54) is 4.88 Å². The third-order valence-corrected chi connectivity index (χ3v) is 3.65. The van der Waals surface area contributed by atoms with E-state index in [0.717, 1.165) is 11.4 Å². The molecule has 19 heavy (non-hydrogen) atoms. The van der Waals surface area contributed by atoms with Gasteiger partial charge in [-0.25, -0.2) is 4.98 Å². The first-order chi connectivity index (χ1) is 9.22. The zero-order valence-corrected chi connectivity index (χ0v) is 11.6. The lowest BCUT2D eigenvalue weighted by Gasteiger charge is -2.02. The number of carbonyl (C=O) groups excluding carboxylic acids is 1. The number of aryl methyl sites for hydroxylation is 1. The van der Waals surface area contributed by atoms with Crippen LogP contribution in [0.4, 0.5) is 5.82 Å². The monoisotopic (exact) mass is 277 g/mol. The van der Waals surface area contributed by atoms with Crippen LogP contribution in [0.3, 0.4) is 0 Å². The molecule has 0 aliphatic carbocycles. The number of hydrogen-bond donors (Lipinski definition) is 2. The fraction of sp³-hybridized carbons (Fsp3) is 0.333. The first-order valence-corrected chi connectivity index (χ1v) is 6.78. The second kappa shape index (κ2) is 6.24. The molecule has 0 unspecified atom stereocenters. The molecule has 0 aliphatic heterocycles. The summed E-state index contributed by atoms with van der Waals surface area (Å²) >= 11 is 1.60. The minimum Gasteiger partial charge on any atom is -0.372 e. The van der Waals surface area contributed by atoms with Crippen LogP contribution in [0.2, 0.25) is 0 Å². The van der Waals surface area contributed by atoms with E-state index >= 15 is 0 Å². The predicted molar refractivity (Wildman–Crippen MR) is 74.2 cm³/mol. The molecule has 0 spiro atoms. The van der Waals surface area contributed by atoms with Crippen molar-refractivity contribution in [1.82, 2.24) is 20.5 Å². The van der Waals surface area contributed by atoms with Gasteiger partial charge in [0.2, 0.25) is 0 Å². The van der Waals surface area contributed by atoms with Crippen molar-refractivity contribution in [2.45, 2.75) is 19.9 Å². The van der Waals surface area contributed by atoms with Gasteiger partial charge in [0, 0.05) is 18.1 Å². The maximum Gasteiger partial charge on any atom is 0.272 e. The Balaban J connectivity index is 1.93. The summed E-state index contributed by atoms with van der Waals surface area (Å²) in [6.07, 6.45) is 2.80. The maximum absolute atomic E-state index is 11.8. The molecule has 0 radical (unpaired) electrons. The average molecular weight is 277 g/mol. The summed E-state index contributed by atoms with van der Waals surface area (Å²) in [4.78, 5) is 17.3. The van der Waals surface area contributed by atoms with Crippen LogP contribution in [0.1, 0.15) is 27.3 Å². The van der Waals surface area contributed by atoms with Crippen LogP contribution in [-0.4, -0.2) is 28.1 Å². The van der Waals surface area contributed by atoms with Gasteiger partial charge < -0.3 is 10.6 Å². The van der Waals surface area contributed by atoms with Crippen molar-refractivity contribution in [1.29, 1.82) is 0 Å². The Morgan fingerprint density at radius 3 is 2.79 bits per heavy atom. The van der Waals surface area contributed by atoms with Crippen LogP contribution in [0.15, 0.2) is 18.3 Å². The molecule has 2 N–H and O–H groups in total. The maximum atomic E-state index is 11.8. The average Bonchev–Trinajstić information content (AvgIpc) is 2.93. The number of nitrogens with one attached hydrogen (secondary N) is 2. The van der Waals surface area contributed by atoms with Crippen LogP contribution >= 0.6 is 11.3 Å². The van der Waals surface area contributed by atoms with Crippen molar-refractivity contribution in [2.75, 3.05) is 12.4 Å². The fourth-order valence-corrected chi connectivity index (χ4v) is 2.23. The van der Waals surface area contributed by atoms with Gasteiger partial charge >= 0.3 is 0 Å². The van der Waals surface area contributed by atoms with Gasteiger partial charge in [0.25, 0.3) is 5.91 Å². The number of rotatable bonds is 5. The number of carbonyl (C=O) groups is 1. The summed E-state index contributed by atoms with van der Waals surface area (Å²) in [7, 11) is 1.75. The molecule has 0 fully saturated rings. The molecular formula is C12H15N5OS. The van der Waals surface area contributed by atoms with E-state index in [9.17, 15) is 4.79 Å². The lowest BCUT2D eigenvalue weighted by molar-refractivity contribution is 0.0945. The number of anilines is 1. The Morgan fingerprint density at radius 1 is 1.37 bits per heavy atom. The van der Waals surface area contributed by atoms with E-state index in [4.69, 9.17) is 0 Å². The van der Waals surface area contributed by atoms with Crippen molar-refractivity contribution in [3.63, 3.8) is 0 Å². The molecule has 0 atom stereocenters. The molecule has 100 valence electrons. The molecule has 2 aromatic heterocycles. The quantitative estimate of drug-likeness (QED) is 0.865. The molecule has 0 aromatic carbocycles. The summed E-state index contributed by atoms with van der Waals surface area (Å²) in [6, 6.07) is 3.34. The van der Waals surface area contributed by atoms with E-state index in [2.05, 4.69) is 32.7 Å². The summed E-state index contributed by atoms with van der Waals surface area (Å²) < 4.78 is 0. The predicted octanol–water partition coefficient (Wildman–Crippen LogP) is 1.47. The van der Waals surface area contributed by atoms with E-state index < -0.39 is 0 Å². The second-order valence-corrected chi connectivity index (χ2v) is 5.01. The molecular weight excluding hydrogens is 262 g/mol. The number of hydrogen-bond acceptors (Lipinski definition) is 6. The fourth-order valence-electron chi connectivity index (χ4n) is 1.43. The Labute approximate surface area is 115 Å². The Morgan fingerprint density at radius 2 is 2.21 bits per heavy atom. The van der Waals surface area contributed by atoms with Gasteiger partial charge in [-0.05, 0) is 18.6 Å². The highest BCUT2D eigenvalue weighted by atomic mass is 32.1. The summed E-state index contributed by atoms with van der Waals surface area (Å²) in [5.41, 5.74) is 0.297. The van der Waals surface area contributed by atoms with Crippen molar-refractivity contribution in [2.24, 2.45) is 0 Å². The molecule has 0 saturated heterocycles. The molecule has 2 aromatic rings. The molecule has 7 heteroatoms. The molecule has 1 amide bonds. The lowest BCUT2D eigenvalue weighted by atomic mass is 10.3. The van der Waals surface area contributed by atoms with Gasteiger partial charge in [-0.2, -0.15) is 0 Å². The van der Waals surface area contributed by atoms with Gasteiger partial charge in [-0.3, -0.25) is 4.79 Å². The van der Waals surface area contributed by atoms with Crippen LogP contribution in [0.5, 0.6) is 0 Å². The molecule has 0 bridgehead atoms. The Bertz CT molecular complexity index is 552. The van der Waals surface area contributed by atoms with Crippen LogP contribution < -0.4 is 10.6 Å². The summed E-state index contributed by atoms with van der Waals surface area (Å²) in [5, 5.41) is 14.2. The van der Waals surface area contributed by atoms with Gasteiger partial charge in [-0.15, -0.1) is 21.5 Å². The molecule has 2 heterocycles. The highest BCUT2D eigenvalue weighted by Gasteiger charge is 2.09. The first-order valence-electron chi connectivity index (χ1n) is 5.96. The smallest absolute Gasteiger partial charge is 0.272 e. The minimum absolute atomic E-state index is 0.247. The van der Waals surface area contributed by atoms with Crippen LogP contribution in [0, 0.1) is 0 Å². The van der Waals surface area contributed by atoms with Gasteiger partial charge in [0.15, 0.2) is 5.69 Å². The van der Waals surface area contributed by atoms with Crippen molar-refractivity contribution in [3.8, 4) is 0 Å². The second-order valence-electron chi connectivity index (χ2n) is 3.81. The number of nitrogens with zero attached hydrogens (tertiary/aromatic N) is 3. The normalized spacial score (nSPS) is 10.2. The number of aromatic nitrogens is 3. The van der Waals surface area contributed by atoms with Crippen molar-refractivity contribution >= 4 is 23.1 Å². The van der Waals surface area contributed by atoms with Crippen molar-refractivity contribution in [3.05, 3.63) is 33.9 Å². The third kappa shape index (κ3) is 3.47. The molecule has 2 rings (SSSR count). The van der Waals surface area contributed by atoms with Gasteiger partial charge in [0.1, 0.15) is 10.8 Å². The minimum atomic E-state index is -0.247. The first kappa shape index (κ1) is 13.4. The number of thiazole rings is 1. The highest BCUT2D eigenvalue weighted by Crippen LogP contribution is 2.13. The van der Waals surface area contributed by atoms with E-state index in [1.807, 2.05) is 6.20 Å². The SMILES string of the molecule is CCc1cnc(CNC(=O)c2ccc(NC)nn2)s1. The molecule has 6 nitrogen and oxygen atoms in total. The van der Waals surface area contributed by atoms with Crippen molar-refractivity contribution < 1.29 is 4.79 Å². The standard InChI is InChI=1S/C12H15N5OS/c1-3-8-6-14-11(19-8)7-15-12(18)9-4-5-10(13-2)17-16-9/h4-6H,3,7H2,1-2H3,(H,13,17)(H,15,18). The zero-order valence-electron chi connectivity index (χ0n) is 10.8.